The molecule has 1 aliphatic heterocycles. The molecule has 2 aromatic rings. The summed E-state index contributed by atoms with van der Waals surface area (Å²) in [4.78, 5) is 2.26. The van der Waals surface area contributed by atoms with Gasteiger partial charge in [0.05, 0.1) is 6.54 Å². The van der Waals surface area contributed by atoms with E-state index in [4.69, 9.17) is 9.15 Å². The highest BCUT2D eigenvalue weighted by Gasteiger charge is 2.29. The van der Waals surface area contributed by atoms with Gasteiger partial charge in [-0.25, -0.2) is 0 Å². The molecular weight excluding hydrogens is 262 g/mol. The van der Waals surface area contributed by atoms with Crippen LogP contribution in [0.1, 0.15) is 36.5 Å². The second kappa shape index (κ2) is 5.23. The van der Waals surface area contributed by atoms with Crippen molar-refractivity contribution in [1.82, 2.24) is 4.90 Å². The molecule has 0 unspecified atom stereocenters. The topological polar surface area (TPSA) is 25.6 Å². The van der Waals surface area contributed by atoms with Gasteiger partial charge in [-0.05, 0) is 57.1 Å². The maximum absolute atomic E-state index is 5.92. The van der Waals surface area contributed by atoms with Crippen LogP contribution in [-0.2, 0) is 19.5 Å². The van der Waals surface area contributed by atoms with Crippen molar-refractivity contribution < 1.29 is 9.15 Å². The highest BCUT2D eigenvalue weighted by molar-refractivity contribution is 5.41. The average Bonchev–Trinajstić information content (AvgIpc) is 2.90. The average molecular weight is 285 g/mol. The molecule has 21 heavy (non-hydrogen) atoms. The Morgan fingerprint density at radius 3 is 2.67 bits per heavy atom. The number of hydrogen-bond acceptors (Lipinski definition) is 3. The zero-order valence-corrected chi connectivity index (χ0v) is 13.3. The predicted octanol–water partition coefficient (Wildman–Crippen LogP) is 3.93. The van der Waals surface area contributed by atoms with Crippen molar-refractivity contribution in [2.75, 3.05) is 7.05 Å². The Labute approximate surface area is 126 Å². The minimum atomic E-state index is -0.0709. The maximum Gasteiger partial charge on any atom is 0.123 e. The molecule has 0 radical (unpaired) electrons. The molecule has 3 rings (SSSR count). The summed E-state index contributed by atoms with van der Waals surface area (Å²) in [5.74, 6) is 3.02. The molecule has 0 spiro atoms. The van der Waals surface area contributed by atoms with Gasteiger partial charge in [0, 0.05) is 13.0 Å². The van der Waals surface area contributed by atoms with E-state index in [1.165, 1.54) is 11.1 Å². The van der Waals surface area contributed by atoms with Crippen LogP contribution in [0.4, 0.5) is 0 Å². The van der Waals surface area contributed by atoms with Crippen molar-refractivity contribution in [2.24, 2.45) is 0 Å². The van der Waals surface area contributed by atoms with E-state index in [9.17, 15) is 0 Å². The Hall–Kier alpha value is -1.74. The predicted molar refractivity (Wildman–Crippen MR) is 83.5 cm³/mol. The van der Waals surface area contributed by atoms with E-state index >= 15 is 0 Å². The number of aryl methyl sites for hydroxylation is 1. The van der Waals surface area contributed by atoms with E-state index < -0.39 is 0 Å². The van der Waals surface area contributed by atoms with E-state index in [-0.39, 0.29) is 5.60 Å². The van der Waals surface area contributed by atoms with Crippen molar-refractivity contribution in [3.63, 3.8) is 0 Å². The Balaban J connectivity index is 1.66. The van der Waals surface area contributed by atoms with Crippen molar-refractivity contribution in [1.29, 1.82) is 0 Å². The molecule has 0 saturated carbocycles. The van der Waals surface area contributed by atoms with Gasteiger partial charge < -0.3 is 9.15 Å². The van der Waals surface area contributed by atoms with Gasteiger partial charge in [-0.3, -0.25) is 4.90 Å². The molecule has 0 aliphatic carbocycles. The highest BCUT2D eigenvalue weighted by Crippen LogP contribution is 2.35. The van der Waals surface area contributed by atoms with E-state index in [1.807, 2.05) is 19.1 Å². The fourth-order valence-electron chi connectivity index (χ4n) is 2.96. The van der Waals surface area contributed by atoms with E-state index in [1.54, 1.807) is 0 Å². The standard InChI is InChI=1S/C18H23NO2/c1-13-5-7-16(20-13)12-19(4)11-14-6-8-17-15(9-14)10-18(2,3)21-17/h5-9H,10-12H2,1-4H3. The molecule has 0 amide bonds. The minimum Gasteiger partial charge on any atom is -0.487 e. The molecule has 1 aromatic carbocycles. The summed E-state index contributed by atoms with van der Waals surface area (Å²) in [7, 11) is 2.12. The van der Waals surface area contributed by atoms with Gasteiger partial charge in [-0.15, -0.1) is 0 Å². The normalized spacial score (nSPS) is 16.0. The molecule has 3 heteroatoms. The van der Waals surface area contributed by atoms with Gasteiger partial charge >= 0.3 is 0 Å². The van der Waals surface area contributed by atoms with Crippen LogP contribution < -0.4 is 4.74 Å². The lowest BCUT2D eigenvalue weighted by Gasteiger charge is -2.16. The first kappa shape index (κ1) is 14.2. The lowest BCUT2D eigenvalue weighted by molar-refractivity contribution is 0.138. The fraction of sp³-hybridized carbons (Fsp3) is 0.444. The fourth-order valence-corrected chi connectivity index (χ4v) is 2.96. The van der Waals surface area contributed by atoms with Crippen molar-refractivity contribution in [3.8, 4) is 5.75 Å². The number of nitrogens with zero attached hydrogens (tertiary/aromatic N) is 1. The summed E-state index contributed by atoms with van der Waals surface area (Å²) >= 11 is 0. The summed E-state index contributed by atoms with van der Waals surface area (Å²) in [6, 6.07) is 10.6. The van der Waals surface area contributed by atoms with Gasteiger partial charge in [0.2, 0.25) is 0 Å². The number of benzene rings is 1. The van der Waals surface area contributed by atoms with Crippen LogP contribution in [0.2, 0.25) is 0 Å². The molecular formula is C18H23NO2. The summed E-state index contributed by atoms with van der Waals surface area (Å²) in [6.07, 6.45) is 0.983. The zero-order chi connectivity index (χ0) is 15.0. The van der Waals surface area contributed by atoms with Gasteiger partial charge in [-0.1, -0.05) is 12.1 Å². The summed E-state index contributed by atoms with van der Waals surface area (Å²) in [5, 5.41) is 0. The van der Waals surface area contributed by atoms with Gasteiger partial charge in [-0.2, -0.15) is 0 Å². The molecule has 1 aliphatic rings. The molecule has 3 nitrogen and oxygen atoms in total. The van der Waals surface area contributed by atoms with Gasteiger partial charge in [0.15, 0.2) is 0 Å². The summed E-state index contributed by atoms with van der Waals surface area (Å²) < 4.78 is 11.6. The van der Waals surface area contributed by atoms with Crippen LogP contribution >= 0.6 is 0 Å². The molecule has 2 heterocycles. The molecule has 1 aromatic heterocycles. The molecule has 112 valence electrons. The first-order valence-electron chi connectivity index (χ1n) is 7.46. The van der Waals surface area contributed by atoms with Crippen LogP contribution in [0, 0.1) is 6.92 Å². The number of hydrogen-bond donors (Lipinski definition) is 0. The third kappa shape index (κ3) is 3.30. The lowest BCUT2D eigenvalue weighted by atomic mass is 10.00. The molecule has 0 bridgehead atoms. The Morgan fingerprint density at radius 2 is 1.95 bits per heavy atom. The third-order valence-corrected chi connectivity index (χ3v) is 3.80. The van der Waals surface area contributed by atoms with Crippen molar-refractivity contribution in [2.45, 2.75) is 45.9 Å². The summed E-state index contributed by atoms with van der Waals surface area (Å²) in [6.45, 7) is 7.99. The van der Waals surface area contributed by atoms with Gasteiger partial charge in [0.25, 0.3) is 0 Å². The van der Waals surface area contributed by atoms with Crippen LogP contribution in [0.25, 0.3) is 0 Å². The first-order valence-corrected chi connectivity index (χ1v) is 7.46. The minimum absolute atomic E-state index is 0.0709. The number of rotatable bonds is 4. The monoisotopic (exact) mass is 285 g/mol. The summed E-state index contributed by atoms with van der Waals surface area (Å²) in [5.41, 5.74) is 2.57. The molecule has 0 atom stereocenters. The first-order chi connectivity index (χ1) is 9.91. The largest absolute Gasteiger partial charge is 0.487 e. The van der Waals surface area contributed by atoms with E-state index in [2.05, 4.69) is 44.0 Å². The molecule has 0 N–H and O–H groups in total. The van der Waals surface area contributed by atoms with Crippen LogP contribution in [0.5, 0.6) is 5.75 Å². The van der Waals surface area contributed by atoms with Crippen LogP contribution in [0.3, 0.4) is 0 Å². The second-order valence-electron chi connectivity index (χ2n) is 6.67. The second-order valence-corrected chi connectivity index (χ2v) is 6.67. The zero-order valence-electron chi connectivity index (χ0n) is 13.3. The number of furan rings is 1. The van der Waals surface area contributed by atoms with Crippen LogP contribution in [-0.4, -0.2) is 17.5 Å². The lowest BCUT2D eigenvalue weighted by Crippen LogP contribution is -2.24. The van der Waals surface area contributed by atoms with E-state index in [0.29, 0.717) is 0 Å². The third-order valence-electron chi connectivity index (χ3n) is 3.80. The van der Waals surface area contributed by atoms with Crippen molar-refractivity contribution >= 4 is 0 Å². The Bertz CT molecular complexity index is 642. The van der Waals surface area contributed by atoms with Crippen LogP contribution in [0.15, 0.2) is 34.7 Å². The smallest absolute Gasteiger partial charge is 0.123 e. The SMILES string of the molecule is Cc1ccc(CN(C)Cc2ccc3c(c2)CC(C)(C)O3)o1. The maximum atomic E-state index is 5.92. The quantitative estimate of drug-likeness (QED) is 0.851. The van der Waals surface area contributed by atoms with Gasteiger partial charge in [0.1, 0.15) is 22.9 Å². The molecule has 0 saturated heterocycles. The number of fused-ring (bicyclic) bond motifs is 1. The van der Waals surface area contributed by atoms with E-state index in [0.717, 1.165) is 36.8 Å². The Kier molecular flexibility index (Phi) is 3.54. The Morgan fingerprint density at radius 1 is 1.14 bits per heavy atom. The van der Waals surface area contributed by atoms with Crippen molar-refractivity contribution in [3.05, 3.63) is 53.0 Å². The molecule has 0 fully saturated rings. The highest BCUT2D eigenvalue weighted by atomic mass is 16.5. The number of ether oxygens (including phenoxy) is 1.